The van der Waals surface area contributed by atoms with Crippen LogP contribution in [0.5, 0.6) is 0 Å². The van der Waals surface area contributed by atoms with Crippen molar-refractivity contribution in [3.63, 3.8) is 0 Å². The Morgan fingerprint density at radius 1 is 1.42 bits per heavy atom. The second kappa shape index (κ2) is 3.56. The average molecular weight is 169 g/mol. The molecule has 1 aliphatic heterocycles. The second-order valence-corrected chi connectivity index (χ2v) is 4.08. The van der Waals surface area contributed by atoms with Gasteiger partial charge in [-0.3, -0.25) is 9.69 Å². The van der Waals surface area contributed by atoms with E-state index in [1.807, 2.05) is 6.92 Å². The van der Waals surface area contributed by atoms with E-state index >= 15 is 0 Å². The molecule has 0 aromatic heterocycles. The summed E-state index contributed by atoms with van der Waals surface area (Å²) >= 11 is 0. The summed E-state index contributed by atoms with van der Waals surface area (Å²) < 4.78 is 0. The van der Waals surface area contributed by atoms with E-state index in [0.29, 0.717) is 17.9 Å². The van der Waals surface area contributed by atoms with Gasteiger partial charge in [-0.1, -0.05) is 6.92 Å². The normalized spacial score (nSPS) is 32.9. The summed E-state index contributed by atoms with van der Waals surface area (Å²) in [6.45, 7) is 9.53. The number of nitrogens with zero attached hydrogens (tertiary/aromatic N) is 1. The van der Waals surface area contributed by atoms with Gasteiger partial charge in [0.25, 0.3) is 0 Å². The Kier molecular flexibility index (Phi) is 2.89. The number of ketones is 1. The standard InChI is InChI=1S/C10H19NO/c1-7(2)11-6-5-10(12)8(3)9(11)4/h7-9H,5-6H2,1-4H3/t8-,9+/m0/s1. The zero-order valence-electron chi connectivity index (χ0n) is 8.50. The highest BCUT2D eigenvalue weighted by Crippen LogP contribution is 2.21. The van der Waals surface area contributed by atoms with Crippen molar-refractivity contribution in [2.45, 2.75) is 46.2 Å². The maximum atomic E-state index is 11.3. The van der Waals surface area contributed by atoms with Crippen molar-refractivity contribution in [2.24, 2.45) is 5.92 Å². The minimum absolute atomic E-state index is 0.223. The van der Waals surface area contributed by atoms with Gasteiger partial charge in [0.2, 0.25) is 0 Å². The van der Waals surface area contributed by atoms with Crippen LogP contribution < -0.4 is 0 Å². The molecule has 1 heterocycles. The number of piperidine rings is 1. The summed E-state index contributed by atoms with van der Waals surface area (Å²) in [6, 6.07) is 0.988. The van der Waals surface area contributed by atoms with Gasteiger partial charge in [0.1, 0.15) is 5.78 Å². The van der Waals surface area contributed by atoms with Crippen molar-refractivity contribution in [1.82, 2.24) is 4.90 Å². The number of carbonyl (C=O) groups is 1. The predicted octanol–water partition coefficient (Wildman–Crippen LogP) is 1.69. The maximum Gasteiger partial charge on any atom is 0.138 e. The molecule has 0 radical (unpaired) electrons. The first-order valence-corrected chi connectivity index (χ1v) is 4.82. The van der Waals surface area contributed by atoms with Crippen molar-refractivity contribution in [1.29, 1.82) is 0 Å². The third kappa shape index (κ3) is 1.69. The van der Waals surface area contributed by atoms with Gasteiger partial charge in [0.15, 0.2) is 0 Å². The molecule has 0 spiro atoms. The number of hydrogen-bond acceptors (Lipinski definition) is 2. The van der Waals surface area contributed by atoms with Crippen LogP contribution in [0.2, 0.25) is 0 Å². The zero-order chi connectivity index (χ0) is 9.30. The third-order valence-corrected chi connectivity index (χ3v) is 3.03. The van der Waals surface area contributed by atoms with Crippen molar-refractivity contribution in [3.8, 4) is 0 Å². The molecule has 0 aliphatic carbocycles. The predicted molar refractivity (Wildman–Crippen MR) is 50.1 cm³/mol. The molecule has 1 fully saturated rings. The molecular formula is C10H19NO. The molecule has 2 nitrogen and oxygen atoms in total. The highest BCUT2D eigenvalue weighted by Gasteiger charge is 2.31. The largest absolute Gasteiger partial charge is 0.299 e. The molecule has 0 unspecified atom stereocenters. The van der Waals surface area contributed by atoms with E-state index in [1.165, 1.54) is 0 Å². The quantitative estimate of drug-likeness (QED) is 0.595. The molecule has 0 aromatic carbocycles. The van der Waals surface area contributed by atoms with Crippen molar-refractivity contribution < 1.29 is 4.79 Å². The summed E-state index contributed by atoms with van der Waals surface area (Å²) in [7, 11) is 0. The van der Waals surface area contributed by atoms with E-state index < -0.39 is 0 Å². The minimum atomic E-state index is 0.223. The monoisotopic (exact) mass is 169 g/mol. The topological polar surface area (TPSA) is 20.3 Å². The Hall–Kier alpha value is -0.370. The molecule has 0 N–H and O–H groups in total. The highest BCUT2D eigenvalue weighted by atomic mass is 16.1. The number of Topliss-reactive ketones (excluding diaryl/α,β-unsaturated/α-hetero) is 1. The van der Waals surface area contributed by atoms with Crippen LogP contribution in [0, 0.1) is 5.92 Å². The van der Waals surface area contributed by atoms with Crippen LogP contribution in [-0.2, 0) is 4.79 Å². The molecular weight excluding hydrogens is 150 g/mol. The number of carbonyl (C=O) groups excluding carboxylic acids is 1. The fourth-order valence-corrected chi connectivity index (χ4v) is 1.96. The van der Waals surface area contributed by atoms with Crippen LogP contribution in [0.3, 0.4) is 0 Å². The molecule has 2 heteroatoms. The third-order valence-electron chi connectivity index (χ3n) is 3.03. The van der Waals surface area contributed by atoms with Crippen LogP contribution in [0.1, 0.15) is 34.1 Å². The van der Waals surface area contributed by atoms with Crippen LogP contribution in [0.4, 0.5) is 0 Å². The number of rotatable bonds is 1. The van der Waals surface area contributed by atoms with Gasteiger partial charge in [0.05, 0.1) is 0 Å². The first-order valence-electron chi connectivity index (χ1n) is 4.82. The fourth-order valence-electron chi connectivity index (χ4n) is 1.96. The van der Waals surface area contributed by atoms with Gasteiger partial charge in [0, 0.05) is 31.0 Å². The summed E-state index contributed by atoms with van der Waals surface area (Å²) in [5, 5.41) is 0. The van der Waals surface area contributed by atoms with Crippen molar-refractivity contribution >= 4 is 5.78 Å². The van der Waals surface area contributed by atoms with Gasteiger partial charge < -0.3 is 0 Å². The molecule has 0 amide bonds. The van der Waals surface area contributed by atoms with Gasteiger partial charge in [-0.25, -0.2) is 0 Å². The van der Waals surface area contributed by atoms with E-state index in [0.717, 1.165) is 13.0 Å². The lowest BCUT2D eigenvalue weighted by Gasteiger charge is -2.39. The molecule has 12 heavy (non-hydrogen) atoms. The Bertz CT molecular complexity index is 177. The highest BCUT2D eigenvalue weighted by molar-refractivity contribution is 5.82. The smallest absolute Gasteiger partial charge is 0.138 e. The van der Waals surface area contributed by atoms with Gasteiger partial charge >= 0.3 is 0 Å². The van der Waals surface area contributed by atoms with E-state index in [1.54, 1.807) is 0 Å². The van der Waals surface area contributed by atoms with E-state index in [-0.39, 0.29) is 5.92 Å². The van der Waals surface area contributed by atoms with Crippen molar-refractivity contribution in [2.75, 3.05) is 6.54 Å². The van der Waals surface area contributed by atoms with Crippen LogP contribution in [0.25, 0.3) is 0 Å². The Labute approximate surface area is 74.9 Å². The molecule has 2 atom stereocenters. The summed E-state index contributed by atoms with van der Waals surface area (Å²) in [6.07, 6.45) is 0.740. The molecule has 1 rings (SSSR count). The Morgan fingerprint density at radius 2 is 2.00 bits per heavy atom. The zero-order valence-corrected chi connectivity index (χ0v) is 8.50. The van der Waals surface area contributed by atoms with Gasteiger partial charge in [-0.2, -0.15) is 0 Å². The summed E-state index contributed by atoms with van der Waals surface area (Å²) in [4.78, 5) is 13.8. The number of hydrogen-bond donors (Lipinski definition) is 0. The molecule has 1 aliphatic rings. The average Bonchev–Trinajstić information content (AvgIpc) is 2.00. The van der Waals surface area contributed by atoms with Crippen LogP contribution in [-0.4, -0.2) is 29.3 Å². The van der Waals surface area contributed by atoms with E-state index in [9.17, 15) is 4.79 Å². The van der Waals surface area contributed by atoms with E-state index in [2.05, 4.69) is 25.7 Å². The molecule has 0 bridgehead atoms. The second-order valence-electron chi connectivity index (χ2n) is 4.08. The Morgan fingerprint density at radius 3 is 2.50 bits per heavy atom. The Balaban J connectivity index is 2.65. The molecule has 0 saturated carbocycles. The van der Waals surface area contributed by atoms with Crippen LogP contribution in [0.15, 0.2) is 0 Å². The molecule has 70 valence electrons. The summed E-state index contributed by atoms with van der Waals surface area (Å²) in [5.41, 5.74) is 0. The lowest BCUT2D eigenvalue weighted by molar-refractivity contribution is -0.128. The summed E-state index contributed by atoms with van der Waals surface area (Å²) in [5.74, 6) is 0.653. The van der Waals surface area contributed by atoms with Crippen LogP contribution >= 0.6 is 0 Å². The fraction of sp³-hybridized carbons (Fsp3) is 0.900. The first-order chi connectivity index (χ1) is 5.54. The minimum Gasteiger partial charge on any atom is -0.299 e. The van der Waals surface area contributed by atoms with Crippen molar-refractivity contribution in [3.05, 3.63) is 0 Å². The van der Waals surface area contributed by atoms with Gasteiger partial charge in [-0.05, 0) is 20.8 Å². The SMILES string of the molecule is CC(C)N1CCC(=O)[C@@H](C)[C@H]1C. The van der Waals surface area contributed by atoms with Gasteiger partial charge in [-0.15, -0.1) is 0 Å². The number of likely N-dealkylation sites (tertiary alicyclic amines) is 1. The molecule has 0 aromatic rings. The molecule has 1 saturated heterocycles. The van der Waals surface area contributed by atoms with E-state index in [4.69, 9.17) is 0 Å². The first kappa shape index (κ1) is 9.72. The maximum absolute atomic E-state index is 11.3. The lowest BCUT2D eigenvalue weighted by atomic mass is 9.90. The lowest BCUT2D eigenvalue weighted by Crippen LogP contribution is -2.49.